The minimum Gasteiger partial charge on any atom is -0.268 e. The zero-order valence-corrected chi connectivity index (χ0v) is 13.2. The third-order valence-electron chi connectivity index (χ3n) is 4.01. The third-order valence-corrected chi connectivity index (χ3v) is 4.24. The molecule has 0 saturated carbocycles. The van der Waals surface area contributed by atoms with Crippen LogP contribution < -0.4 is 5.56 Å². The average Bonchev–Trinajstić information content (AvgIpc) is 2.54. The molecule has 0 aliphatic heterocycles. The van der Waals surface area contributed by atoms with Crippen LogP contribution in [0.5, 0.6) is 0 Å². The van der Waals surface area contributed by atoms with Crippen LogP contribution in [0.1, 0.15) is 5.82 Å². The number of hydrogen-bond acceptors (Lipinski definition) is 2. The van der Waals surface area contributed by atoms with Crippen LogP contribution in [0.3, 0.4) is 0 Å². The van der Waals surface area contributed by atoms with Crippen molar-refractivity contribution in [1.82, 2.24) is 9.55 Å². The molecular formula is C19H13ClN2O. The van der Waals surface area contributed by atoms with Gasteiger partial charge in [-0.15, -0.1) is 0 Å². The Morgan fingerprint density at radius 1 is 0.957 bits per heavy atom. The van der Waals surface area contributed by atoms with Gasteiger partial charge in [0.15, 0.2) is 0 Å². The smallest absolute Gasteiger partial charge is 0.265 e. The minimum absolute atomic E-state index is 0.0829. The molecule has 0 bridgehead atoms. The highest BCUT2D eigenvalue weighted by Gasteiger charge is 2.12. The first-order valence-corrected chi connectivity index (χ1v) is 7.70. The minimum atomic E-state index is -0.0829. The summed E-state index contributed by atoms with van der Waals surface area (Å²) in [5, 5.41) is 3.25. The zero-order chi connectivity index (χ0) is 16.0. The molecule has 0 unspecified atom stereocenters. The summed E-state index contributed by atoms with van der Waals surface area (Å²) in [6, 6.07) is 19.1. The van der Waals surface area contributed by atoms with Crippen molar-refractivity contribution in [3.05, 3.63) is 81.9 Å². The molecule has 1 heterocycles. The van der Waals surface area contributed by atoms with Crippen LogP contribution in [-0.4, -0.2) is 9.55 Å². The molecule has 4 heteroatoms. The number of aromatic nitrogens is 2. The first-order valence-electron chi connectivity index (χ1n) is 7.32. The molecule has 0 aliphatic rings. The highest BCUT2D eigenvalue weighted by atomic mass is 35.5. The molecule has 3 aromatic carbocycles. The molecule has 0 fully saturated rings. The van der Waals surface area contributed by atoms with Crippen LogP contribution in [0.15, 0.2) is 65.5 Å². The van der Waals surface area contributed by atoms with Gasteiger partial charge in [0, 0.05) is 10.4 Å². The lowest BCUT2D eigenvalue weighted by molar-refractivity contribution is 0.901. The van der Waals surface area contributed by atoms with Gasteiger partial charge in [-0.2, -0.15) is 0 Å². The Labute approximate surface area is 137 Å². The normalized spacial score (nSPS) is 11.2. The molecule has 23 heavy (non-hydrogen) atoms. The quantitative estimate of drug-likeness (QED) is 0.517. The van der Waals surface area contributed by atoms with Gasteiger partial charge in [-0.1, -0.05) is 48.0 Å². The average molecular weight is 321 g/mol. The standard InChI is InChI=1S/C19H13ClN2O/c1-12-21-17-11-14(20)9-10-16(17)19(23)22(12)18-8-4-6-13-5-2-3-7-15(13)18/h2-11H,1H3. The van der Waals surface area contributed by atoms with Gasteiger partial charge in [0.1, 0.15) is 5.82 Å². The molecule has 1 aromatic heterocycles. The van der Waals surface area contributed by atoms with E-state index in [0.717, 1.165) is 16.5 Å². The Bertz CT molecular complexity index is 1110. The van der Waals surface area contributed by atoms with E-state index >= 15 is 0 Å². The van der Waals surface area contributed by atoms with Crippen molar-refractivity contribution >= 4 is 33.3 Å². The maximum atomic E-state index is 13.0. The van der Waals surface area contributed by atoms with Crippen LogP contribution in [0.4, 0.5) is 0 Å². The molecule has 0 atom stereocenters. The SMILES string of the molecule is Cc1nc2cc(Cl)ccc2c(=O)n1-c1cccc2ccccc12. The summed E-state index contributed by atoms with van der Waals surface area (Å²) in [6.07, 6.45) is 0. The summed E-state index contributed by atoms with van der Waals surface area (Å²) in [4.78, 5) is 17.5. The molecule has 0 radical (unpaired) electrons. The summed E-state index contributed by atoms with van der Waals surface area (Å²) in [6.45, 7) is 1.84. The molecule has 0 amide bonds. The maximum absolute atomic E-state index is 13.0. The van der Waals surface area contributed by atoms with E-state index in [4.69, 9.17) is 11.6 Å². The molecule has 4 rings (SSSR count). The number of rotatable bonds is 1. The molecule has 3 nitrogen and oxygen atoms in total. The Hall–Kier alpha value is -2.65. The van der Waals surface area contributed by atoms with Gasteiger partial charge >= 0.3 is 0 Å². The number of halogens is 1. The van der Waals surface area contributed by atoms with Crippen molar-refractivity contribution in [3.63, 3.8) is 0 Å². The molecule has 0 aliphatic carbocycles. The van der Waals surface area contributed by atoms with Crippen molar-refractivity contribution in [3.8, 4) is 5.69 Å². The van der Waals surface area contributed by atoms with E-state index in [9.17, 15) is 4.79 Å². The van der Waals surface area contributed by atoms with Crippen LogP contribution in [0.2, 0.25) is 5.02 Å². The van der Waals surface area contributed by atoms with Gasteiger partial charge in [0.2, 0.25) is 0 Å². The Balaban J connectivity index is 2.13. The highest BCUT2D eigenvalue weighted by molar-refractivity contribution is 6.31. The molecular weight excluding hydrogens is 308 g/mol. The van der Waals surface area contributed by atoms with E-state index in [1.807, 2.05) is 49.4 Å². The van der Waals surface area contributed by atoms with Crippen molar-refractivity contribution in [2.75, 3.05) is 0 Å². The Kier molecular flexibility index (Phi) is 3.17. The summed E-state index contributed by atoms with van der Waals surface area (Å²) in [5.41, 5.74) is 1.38. The largest absolute Gasteiger partial charge is 0.268 e. The van der Waals surface area contributed by atoms with E-state index in [-0.39, 0.29) is 5.56 Å². The lowest BCUT2D eigenvalue weighted by atomic mass is 10.1. The number of fused-ring (bicyclic) bond motifs is 2. The third kappa shape index (κ3) is 2.21. The predicted molar refractivity (Wildman–Crippen MR) is 94.6 cm³/mol. The fraction of sp³-hybridized carbons (Fsp3) is 0.0526. The van der Waals surface area contributed by atoms with Crippen molar-refractivity contribution in [2.45, 2.75) is 6.92 Å². The monoisotopic (exact) mass is 320 g/mol. The molecule has 112 valence electrons. The Morgan fingerprint density at radius 3 is 2.61 bits per heavy atom. The second kappa shape index (κ2) is 5.21. The van der Waals surface area contributed by atoms with Gasteiger partial charge in [-0.3, -0.25) is 9.36 Å². The lowest BCUT2D eigenvalue weighted by Gasteiger charge is -2.13. The van der Waals surface area contributed by atoms with Gasteiger partial charge < -0.3 is 0 Å². The summed E-state index contributed by atoms with van der Waals surface area (Å²) >= 11 is 6.01. The van der Waals surface area contributed by atoms with Crippen LogP contribution in [-0.2, 0) is 0 Å². The van der Waals surface area contributed by atoms with Gasteiger partial charge in [0.05, 0.1) is 16.6 Å². The van der Waals surface area contributed by atoms with Crippen molar-refractivity contribution in [1.29, 1.82) is 0 Å². The van der Waals surface area contributed by atoms with E-state index < -0.39 is 0 Å². The summed E-state index contributed by atoms with van der Waals surface area (Å²) in [7, 11) is 0. The van der Waals surface area contributed by atoms with E-state index in [1.54, 1.807) is 22.8 Å². The second-order valence-corrected chi connectivity index (χ2v) is 5.90. The molecule has 0 spiro atoms. The predicted octanol–water partition coefficient (Wildman–Crippen LogP) is 4.50. The first kappa shape index (κ1) is 14.0. The van der Waals surface area contributed by atoms with Gasteiger partial charge in [0.25, 0.3) is 5.56 Å². The zero-order valence-electron chi connectivity index (χ0n) is 12.5. The first-order chi connectivity index (χ1) is 11.1. The number of nitrogens with zero attached hydrogens (tertiary/aromatic N) is 2. The van der Waals surface area contributed by atoms with Gasteiger partial charge in [-0.25, -0.2) is 4.98 Å². The van der Waals surface area contributed by atoms with E-state index in [2.05, 4.69) is 4.98 Å². The van der Waals surface area contributed by atoms with Crippen LogP contribution in [0, 0.1) is 6.92 Å². The number of aryl methyl sites for hydroxylation is 1. The van der Waals surface area contributed by atoms with Crippen molar-refractivity contribution in [2.24, 2.45) is 0 Å². The van der Waals surface area contributed by atoms with Crippen molar-refractivity contribution < 1.29 is 0 Å². The second-order valence-electron chi connectivity index (χ2n) is 5.46. The van der Waals surface area contributed by atoms with Crippen LogP contribution >= 0.6 is 11.6 Å². The number of benzene rings is 3. The number of hydrogen-bond donors (Lipinski definition) is 0. The maximum Gasteiger partial charge on any atom is 0.265 e. The highest BCUT2D eigenvalue weighted by Crippen LogP contribution is 2.23. The topological polar surface area (TPSA) is 34.9 Å². The summed E-state index contributed by atoms with van der Waals surface area (Å²) in [5.74, 6) is 0.640. The summed E-state index contributed by atoms with van der Waals surface area (Å²) < 4.78 is 1.67. The van der Waals surface area contributed by atoms with Gasteiger partial charge in [-0.05, 0) is 36.6 Å². The fourth-order valence-corrected chi connectivity index (χ4v) is 3.12. The Morgan fingerprint density at radius 2 is 1.74 bits per heavy atom. The molecule has 0 N–H and O–H groups in total. The van der Waals surface area contributed by atoms with E-state index in [0.29, 0.717) is 21.7 Å². The lowest BCUT2D eigenvalue weighted by Crippen LogP contribution is -2.22. The fourth-order valence-electron chi connectivity index (χ4n) is 2.96. The van der Waals surface area contributed by atoms with E-state index in [1.165, 1.54) is 0 Å². The molecule has 4 aromatic rings. The molecule has 0 saturated heterocycles. The van der Waals surface area contributed by atoms with Crippen LogP contribution in [0.25, 0.3) is 27.4 Å².